The minimum Gasteiger partial charge on any atom is -0.492 e. The fourth-order valence-electron chi connectivity index (χ4n) is 2.28. The van der Waals surface area contributed by atoms with Gasteiger partial charge in [0, 0.05) is 11.5 Å². The predicted octanol–water partition coefficient (Wildman–Crippen LogP) is 4.84. The maximum absolute atomic E-state index is 12.0. The zero-order valence-electron chi connectivity index (χ0n) is 14.6. The molecule has 4 nitrogen and oxygen atoms in total. The maximum atomic E-state index is 12.0. The van der Waals surface area contributed by atoms with Crippen LogP contribution < -0.4 is 9.48 Å². The van der Waals surface area contributed by atoms with E-state index in [9.17, 15) is 9.59 Å². The van der Waals surface area contributed by atoms with E-state index in [0.29, 0.717) is 13.2 Å². The van der Waals surface area contributed by atoms with Crippen LogP contribution in [0.5, 0.6) is 5.75 Å². The zero-order chi connectivity index (χ0) is 18.9. The summed E-state index contributed by atoms with van der Waals surface area (Å²) < 4.78 is 11.5. The van der Waals surface area contributed by atoms with E-state index in [1.807, 2.05) is 25.1 Å². The lowest BCUT2D eigenvalue weighted by Gasteiger charge is -2.10. The second kappa shape index (κ2) is 10.6. The van der Waals surface area contributed by atoms with Crippen molar-refractivity contribution in [2.45, 2.75) is 19.8 Å². The van der Waals surface area contributed by atoms with E-state index in [2.05, 4.69) is 6.58 Å². The molecule has 1 heterocycles. The first-order chi connectivity index (χ1) is 12.5. The zero-order valence-corrected chi connectivity index (χ0v) is 17.0. The van der Waals surface area contributed by atoms with Gasteiger partial charge in [0.2, 0.25) is 0 Å². The molecule has 7 heteroatoms. The molecule has 0 aliphatic rings. The molecule has 0 radical (unpaired) electrons. The third-order valence-corrected chi connectivity index (χ3v) is 6.36. The number of carbonyl (C=O) groups is 1. The summed E-state index contributed by atoms with van der Waals surface area (Å²) in [5.41, 5.74) is 0.795. The molecule has 1 aromatic carbocycles. The Hall–Kier alpha value is -1.50. The first-order valence-electron chi connectivity index (χ1n) is 8.26. The van der Waals surface area contributed by atoms with Crippen molar-refractivity contribution in [2.75, 3.05) is 24.7 Å². The van der Waals surface area contributed by atoms with Crippen LogP contribution >= 0.6 is 34.7 Å². The van der Waals surface area contributed by atoms with Crippen molar-refractivity contribution in [1.82, 2.24) is 0 Å². The fraction of sp³-hybridized carbons (Fsp3) is 0.368. The molecule has 2 aromatic rings. The lowest BCUT2D eigenvalue weighted by molar-refractivity contribution is -0.137. The molecule has 0 spiro atoms. The van der Waals surface area contributed by atoms with Crippen molar-refractivity contribution in [3.05, 3.63) is 51.0 Å². The van der Waals surface area contributed by atoms with E-state index in [-0.39, 0.29) is 15.7 Å². The van der Waals surface area contributed by atoms with E-state index >= 15 is 0 Å². The molecule has 0 N–H and O–H groups in total. The molecular weight excluding hydrogens is 392 g/mol. The van der Waals surface area contributed by atoms with Crippen molar-refractivity contribution < 1.29 is 14.3 Å². The second-order valence-corrected chi connectivity index (χ2v) is 8.09. The summed E-state index contributed by atoms with van der Waals surface area (Å²) >= 11 is 8.97. The quantitative estimate of drug-likeness (QED) is 0.317. The Morgan fingerprint density at radius 1 is 1.31 bits per heavy atom. The first kappa shape index (κ1) is 20.8. The number of hydrogen-bond acceptors (Lipinski definition) is 6. The van der Waals surface area contributed by atoms with Crippen molar-refractivity contribution in [1.29, 1.82) is 0 Å². The number of hydrogen-bond donors (Lipinski definition) is 0. The molecule has 0 saturated heterocycles. The largest absolute Gasteiger partial charge is 0.492 e. The van der Waals surface area contributed by atoms with E-state index in [1.54, 1.807) is 11.8 Å². The number of thioether (sulfide) groups is 1. The van der Waals surface area contributed by atoms with E-state index in [4.69, 9.17) is 21.1 Å². The molecule has 0 bridgehead atoms. The van der Waals surface area contributed by atoms with Crippen molar-refractivity contribution in [2.24, 2.45) is 0 Å². The number of aryl methyl sites for hydroxylation is 1. The molecule has 140 valence electrons. The SMILES string of the molecule is C=CC(=O)OCCCSCCCOc1cccc2c(C)c(Cl)c(=O)sc12. The van der Waals surface area contributed by atoms with Gasteiger partial charge in [-0.2, -0.15) is 11.8 Å². The van der Waals surface area contributed by atoms with E-state index in [0.717, 1.165) is 57.1 Å². The molecule has 0 fully saturated rings. The lowest BCUT2D eigenvalue weighted by Crippen LogP contribution is -2.03. The minimum atomic E-state index is -0.377. The molecule has 0 unspecified atom stereocenters. The molecule has 0 atom stereocenters. The molecule has 2 rings (SSSR count). The van der Waals surface area contributed by atoms with Gasteiger partial charge in [-0.15, -0.1) is 0 Å². The smallest absolute Gasteiger partial charge is 0.330 e. The summed E-state index contributed by atoms with van der Waals surface area (Å²) in [6.45, 7) is 6.21. The Labute approximate surface area is 166 Å². The Morgan fingerprint density at radius 3 is 2.77 bits per heavy atom. The van der Waals surface area contributed by atoms with Crippen LogP contribution in [0.15, 0.2) is 35.6 Å². The van der Waals surface area contributed by atoms with Crippen LogP contribution in [0.3, 0.4) is 0 Å². The Balaban J connectivity index is 1.76. The van der Waals surface area contributed by atoms with Crippen molar-refractivity contribution in [3.63, 3.8) is 0 Å². The summed E-state index contributed by atoms with van der Waals surface area (Å²) in [4.78, 5) is 22.8. The second-order valence-electron chi connectivity index (χ2n) is 5.50. The van der Waals surface area contributed by atoms with Gasteiger partial charge >= 0.3 is 5.97 Å². The molecular formula is C19H21ClO4S2. The highest BCUT2D eigenvalue weighted by Crippen LogP contribution is 2.32. The van der Waals surface area contributed by atoms with Crippen molar-refractivity contribution >= 4 is 50.8 Å². The highest BCUT2D eigenvalue weighted by molar-refractivity contribution is 7.99. The summed E-state index contributed by atoms with van der Waals surface area (Å²) in [5, 5.41) is 1.25. The van der Waals surface area contributed by atoms with Gasteiger partial charge < -0.3 is 9.47 Å². The number of carbonyl (C=O) groups excluding carboxylic acids is 1. The topological polar surface area (TPSA) is 52.6 Å². The van der Waals surface area contributed by atoms with E-state index in [1.165, 1.54) is 6.08 Å². The Bertz CT molecular complexity index is 832. The Morgan fingerprint density at radius 2 is 2.04 bits per heavy atom. The predicted molar refractivity (Wildman–Crippen MR) is 111 cm³/mol. The molecule has 0 aliphatic carbocycles. The number of rotatable bonds is 10. The van der Waals surface area contributed by atoms with Crippen LogP contribution in [-0.2, 0) is 9.53 Å². The lowest BCUT2D eigenvalue weighted by atomic mass is 10.1. The summed E-state index contributed by atoms with van der Waals surface area (Å²) in [6.07, 6.45) is 2.89. The number of halogens is 1. The van der Waals surface area contributed by atoms with Crippen LogP contribution in [0.4, 0.5) is 0 Å². The van der Waals surface area contributed by atoms with Gasteiger partial charge in [0.15, 0.2) is 0 Å². The number of benzene rings is 1. The van der Waals surface area contributed by atoms with Gasteiger partial charge in [0.25, 0.3) is 4.74 Å². The van der Waals surface area contributed by atoms with Gasteiger partial charge in [-0.25, -0.2) is 4.79 Å². The Kier molecular flexibility index (Phi) is 8.48. The molecule has 1 aromatic heterocycles. The number of ether oxygens (including phenoxy) is 2. The average Bonchev–Trinajstić information content (AvgIpc) is 2.65. The highest BCUT2D eigenvalue weighted by Gasteiger charge is 2.11. The number of esters is 1. The standard InChI is InChI=1S/C19H21ClO4S2/c1-3-16(21)24-10-6-12-25-11-5-9-23-15-8-4-7-14-13(2)17(20)19(22)26-18(14)15/h3-4,7-8H,1,5-6,9-12H2,2H3. The van der Waals surface area contributed by atoms with Gasteiger partial charge in [-0.3, -0.25) is 4.79 Å². The van der Waals surface area contributed by atoms with Gasteiger partial charge in [0.05, 0.1) is 17.9 Å². The molecule has 0 amide bonds. The van der Waals surface area contributed by atoms with Crippen molar-refractivity contribution in [3.8, 4) is 5.75 Å². The van der Waals surface area contributed by atoms with Crippen LogP contribution in [0.25, 0.3) is 10.1 Å². The van der Waals surface area contributed by atoms with Gasteiger partial charge in [-0.1, -0.05) is 41.6 Å². The van der Waals surface area contributed by atoms with Crippen LogP contribution in [0.1, 0.15) is 18.4 Å². The molecule has 0 aliphatic heterocycles. The van der Waals surface area contributed by atoms with Crippen LogP contribution in [-0.4, -0.2) is 30.7 Å². The summed E-state index contributed by atoms with van der Waals surface area (Å²) in [7, 11) is 0. The minimum absolute atomic E-state index is 0.138. The third-order valence-electron chi connectivity index (χ3n) is 3.62. The fourth-order valence-corrected chi connectivity index (χ4v) is 4.33. The molecule has 26 heavy (non-hydrogen) atoms. The highest BCUT2D eigenvalue weighted by atomic mass is 35.5. The first-order valence-corrected chi connectivity index (χ1v) is 10.6. The average molecular weight is 413 g/mol. The third kappa shape index (κ3) is 5.76. The molecule has 0 saturated carbocycles. The maximum Gasteiger partial charge on any atom is 0.330 e. The monoisotopic (exact) mass is 412 g/mol. The van der Waals surface area contributed by atoms with E-state index < -0.39 is 0 Å². The summed E-state index contributed by atoms with van der Waals surface area (Å²) in [6, 6.07) is 5.75. The number of fused-ring (bicyclic) bond motifs is 1. The van der Waals surface area contributed by atoms with Crippen LogP contribution in [0.2, 0.25) is 5.02 Å². The van der Waals surface area contributed by atoms with Crippen LogP contribution in [0, 0.1) is 6.92 Å². The summed E-state index contributed by atoms with van der Waals surface area (Å²) in [5.74, 6) is 2.24. The normalized spacial score (nSPS) is 10.7. The van der Waals surface area contributed by atoms with Gasteiger partial charge in [-0.05, 0) is 42.9 Å². The van der Waals surface area contributed by atoms with Gasteiger partial charge in [0.1, 0.15) is 10.8 Å².